The summed E-state index contributed by atoms with van der Waals surface area (Å²) in [6.07, 6.45) is 0. The Morgan fingerprint density at radius 1 is 1.00 bits per heavy atom. The van der Waals surface area contributed by atoms with Gasteiger partial charge in [-0.1, -0.05) is 61.9 Å². The monoisotopic (exact) mass is 278 g/mol. The maximum atomic E-state index is 12.7. The predicted octanol–water partition coefficient (Wildman–Crippen LogP) is 3.98. The summed E-state index contributed by atoms with van der Waals surface area (Å²) < 4.78 is 5.56. The van der Waals surface area contributed by atoms with Crippen molar-refractivity contribution in [3.05, 3.63) is 65.2 Å². The summed E-state index contributed by atoms with van der Waals surface area (Å²) in [5, 5.41) is 0. The zero-order chi connectivity index (χ0) is 14.8. The average molecular weight is 278 g/mol. The number of hydrogen-bond donors (Lipinski definition) is 0. The maximum absolute atomic E-state index is 12.7. The number of aryl methyl sites for hydroxylation is 1. The second-order valence-electron chi connectivity index (χ2n) is 6.76. The van der Waals surface area contributed by atoms with Gasteiger partial charge in [-0.15, -0.1) is 0 Å². The third-order valence-electron chi connectivity index (χ3n) is 5.33. The van der Waals surface area contributed by atoms with Gasteiger partial charge in [-0.2, -0.15) is 0 Å². The first-order chi connectivity index (χ1) is 9.99. The third-order valence-corrected chi connectivity index (χ3v) is 5.33. The molecule has 1 spiro atoms. The quantitative estimate of drug-likeness (QED) is 0.582. The molecule has 0 unspecified atom stereocenters. The molecule has 2 aromatic rings. The molecule has 21 heavy (non-hydrogen) atoms. The lowest BCUT2D eigenvalue weighted by molar-refractivity contribution is -0.136. The fourth-order valence-electron chi connectivity index (χ4n) is 4.24. The van der Waals surface area contributed by atoms with Crippen LogP contribution in [0.25, 0.3) is 0 Å². The summed E-state index contributed by atoms with van der Waals surface area (Å²) in [5.74, 6) is 0.811. The van der Waals surface area contributed by atoms with E-state index in [0.717, 1.165) is 11.3 Å². The number of para-hydroxylation sites is 1. The second kappa shape index (κ2) is 3.76. The molecular formula is C19H18O2. The zero-order valence-corrected chi connectivity index (χ0v) is 12.5. The summed E-state index contributed by atoms with van der Waals surface area (Å²) in [5.41, 5.74) is 2.87. The molecule has 0 saturated heterocycles. The molecule has 1 saturated carbocycles. The largest absolute Gasteiger partial charge is 0.426 e. The number of fused-ring (bicyclic) bond motifs is 2. The SMILES string of the molecule is Cc1ccc([C@H]2C(C)(C)[C@@]23C(=O)Oc2ccccc23)cc1. The standard InChI is InChI=1S/C19H18O2/c1-12-8-10-13(11-9-12)16-18(2,3)19(16)14-6-4-5-7-15(14)21-17(19)20/h4-11,16H,1-3H3/t16-,19+/m0/s1. The highest BCUT2D eigenvalue weighted by atomic mass is 16.5. The fraction of sp³-hybridized carbons (Fsp3) is 0.316. The van der Waals surface area contributed by atoms with Crippen molar-refractivity contribution in [2.24, 2.45) is 5.41 Å². The minimum absolute atomic E-state index is 0.0979. The van der Waals surface area contributed by atoms with Crippen molar-refractivity contribution in [3.8, 4) is 5.75 Å². The normalized spacial score (nSPS) is 28.3. The van der Waals surface area contributed by atoms with Crippen molar-refractivity contribution < 1.29 is 9.53 Å². The molecule has 2 atom stereocenters. The number of ether oxygens (including phenoxy) is 1. The number of carbonyl (C=O) groups excluding carboxylic acids is 1. The van der Waals surface area contributed by atoms with Crippen LogP contribution in [0.15, 0.2) is 48.5 Å². The highest BCUT2D eigenvalue weighted by Gasteiger charge is 2.80. The topological polar surface area (TPSA) is 26.3 Å². The van der Waals surface area contributed by atoms with Gasteiger partial charge in [0.15, 0.2) is 0 Å². The summed E-state index contributed by atoms with van der Waals surface area (Å²) in [7, 11) is 0. The van der Waals surface area contributed by atoms with Crippen LogP contribution in [0.4, 0.5) is 0 Å². The Morgan fingerprint density at radius 2 is 1.67 bits per heavy atom. The Balaban J connectivity index is 1.89. The van der Waals surface area contributed by atoms with Gasteiger partial charge in [0.2, 0.25) is 0 Å². The number of esters is 1. The maximum Gasteiger partial charge on any atom is 0.323 e. The Bertz CT molecular complexity index is 742. The lowest BCUT2D eigenvalue weighted by atomic mass is 9.88. The van der Waals surface area contributed by atoms with Crippen LogP contribution in [-0.2, 0) is 10.2 Å². The van der Waals surface area contributed by atoms with Gasteiger partial charge >= 0.3 is 5.97 Å². The van der Waals surface area contributed by atoms with Crippen LogP contribution in [0, 0.1) is 12.3 Å². The Morgan fingerprint density at radius 3 is 2.38 bits per heavy atom. The van der Waals surface area contributed by atoms with Crippen molar-refractivity contribution in [1.82, 2.24) is 0 Å². The average Bonchev–Trinajstić information content (AvgIpc) is 2.82. The van der Waals surface area contributed by atoms with Gasteiger partial charge in [0.25, 0.3) is 0 Å². The smallest absolute Gasteiger partial charge is 0.323 e. The second-order valence-corrected chi connectivity index (χ2v) is 6.76. The van der Waals surface area contributed by atoms with Gasteiger partial charge < -0.3 is 4.74 Å². The molecule has 2 heteroatoms. The lowest BCUT2D eigenvalue weighted by Crippen LogP contribution is -2.24. The molecule has 106 valence electrons. The first kappa shape index (κ1) is 12.6. The van der Waals surface area contributed by atoms with Crippen LogP contribution in [0.5, 0.6) is 5.75 Å². The van der Waals surface area contributed by atoms with Gasteiger partial charge in [-0.3, -0.25) is 4.79 Å². The van der Waals surface area contributed by atoms with E-state index in [0.29, 0.717) is 0 Å². The van der Waals surface area contributed by atoms with E-state index in [4.69, 9.17) is 4.74 Å². The van der Waals surface area contributed by atoms with Crippen molar-refractivity contribution in [3.63, 3.8) is 0 Å². The highest BCUT2D eigenvalue weighted by Crippen LogP contribution is 2.77. The van der Waals surface area contributed by atoms with E-state index in [1.807, 2.05) is 24.3 Å². The molecule has 2 nitrogen and oxygen atoms in total. The van der Waals surface area contributed by atoms with Crippen LogP contribution >= 0.6 is 0 Å². The van der Waals surface area contributed by atoms with E-state index in [9.17, 15) is 4.79 Å². The molecule has 0 aromatic heterocycles. The molecule has 4 rings (SSSR count). The summed E-state index contributed by atoms with van der Waals surface area (Å²) in [6, 6.07) is 16.4. The van der Waals surface area contributed by atoms with Gasteiger partial charge in [0.1, 0.15) is 11.2 Å². The number of carbonyl (C=O) groups is 1. The molecule has 2 aromatic carbocycles. The Labute approximate surface area is 124 Å². The van der Waals surface area contributed by atoms with Crippen molar-refractivity contribution in [1.29, 1.82) is 0 Å². The van der Waals surface area contributed by atoms with Crippen molar-refractivity contribution in [2.75, 3.05) is 0 Å². The molecular weight excluding hydrogens is 260 g/mol. The summed E-state index contributed by atoms with van der Waals surface area (Å²) in [4.78, 5) is 12.7. The van der Waals surface area contributed by atoms with Crippen LogP contribution in [0.2, 0.25) is 0 Å². The number of hydrogen-bond acceptors (Lipinski definition) is 2. The van der Waals surface area contributed by atoms with Crippen LogP contribution in [-0.4, -0.2) is 5.97 Å². The van der Waals surface area contributed by atoms with Crippen LogP contribution in [0.3, 0.4) is 0 Å². The fourth-order valence-corrected chi connectivity index (χ4v) is 4.24. The van der Waals surface area contributed by atoms with Crippen molar-refractivity contribution >= 4 is 5.97 Å². The first-order valence-electron chi connectivity index (χ1n) is 7.38. The predicted molar refractivity (Wildman–Crippen MR) is 81.5 cm³/mol. The van der Waals surface area contributed by atoms with E-state index < -0.39 is 5.41 Å². The molecule has 0 bridgehead atoms. The van der Waals surface area contributed by atoms with Crippen LogP contribution < -0.4 is 4.74 Å². The molecule has 1 heterocycles. The molecule has 1 aliphatic carbocycles. The molecule has 1 fully saturated rings. The lowest BCUT2D eigenvalue weighted by Gasteiger charge is -2.09. The molecule has 1 aliphatic heterocycles. The van der Waals surface area contributed by atoms with Gasteiger partial charge in [0.05, 0.1) is 0 Å². The molecule has 0 amide bonds. The third kappa shape index (κ3) is 1.35. The first-order valence-corrected chi connectivity index (χ1v) is 7.38. The molecule has 0 radical (unpaired) electrons. The van der Waals surface area contributed by atoms with Gasteiger partial charge in [-0.25, -0.2) is 0 Å². The van der Waals surface area contributed by atoms with Crippen LogP contribution in [0.1, 0.15) is 36.5 Å². The Kier molecular flexibility index (Phi) is 2.26. The highest BCUT2D eigenvalue weighted by molar-refractivity contribution is 5.97. The van der Waals surface area contributed by atoms with E-state index in [-0.39, 0.29) is 17.3 Å². The number of rotatable bonds is 1. The summed E-state index contributed by atoms with van der Waals surface area (Å²) in [6.45, 7) is 6.42. The molecule has 0 N–H and O–H groups in total. The van der Waals surface area contributed by atoms with E-state index in [2.05, 4.69) is 45.0 Å². The number of benzene rings is 2. The molecule has 2 aliphatic rings. The minimum atomic E-state index is -0.515. The summed E-state index contributed by atoms with van der Waals surface area (Å²) >= 11 is 0. The Hall–Kier alpha value is -2.09. The van der Waals surface area contributed by atoms with E-state index >= 15 is 0 Å². The van der Waals surface area contributed by atoms with E-state index in [1.165, 1.54) is 11.1 Å². The van der Waals surface area contributed by atoms with Gasteiger partial charge in [0, 0.05) is 11.5 Å². The minimum Gasteiger partial charge on any atom is -0.426 e. The van der Waals surface area contributed by atoms with Crippen molar-refractivity contribution in [2.45, 2.75) is 32.1 Å². The zero-order valence-electron chi connectivity index (χ0n) is 12.5. The van der Waals surface area contributed by atoms with E-state index in [1.54, 1.807) is 0 Å². The van der Waals surface area contributed by atoms with Gasteiger partial charge in [-0.05, 0) is 24.0 Å².